The Labute approximate surface area is 404 Å². The third-order valence-corrected chi connectivity index (χ3v) is 20.2. The van der Waals surface area contributed by atoms with E-state index in [1.807, 2.05) is 39.9 Å². The van der Waals surface area contributed by atoms with Crippen molar-refractivity contribution in [3.05, 3.63) is 58.9 Å². The number of nitrogens with zero attached hydrogens (tertiary/aromatic N) is 9. The second kappa shape index (κ2) is 20.0. The van der Waals surface area contributed by atoms with Gasteiger partial charge in [-0.05, 0) is 53.9 Å². The van der Waals surface area contributed by atoms with E-state index in [1.165, 1.54) is 10.9 Å². The standard InChI is InChI=1S/C39H49FN12O12P2S2Si/c1-20(2)33(53)47-38-46-32-26(35(55)48-38)44-19-51(32)37-29-28(64-69(6,7)39(3,4)5)23(61-37)17-59-66(68,57-15-11-14-41)63-27-22(16-58-65(56,67)62-29)60-36(24(27)40)52-31-25(49-50-52)30(42-18-43-31)45-34(54)21-12-9-8-10-13-21/h8-10,12-13,18-20,22-24,27-29,36-37H,11,15-17H2,1-7H3,(H,56,67)(H,42,43,45,54)(H2,46,47,48,53,55)/t22-,23-,24+,27-,28-,29+,36-,37-,65?,66?/m1/s1. The first-order valence-corrected chi connectivity index (χ1v) is 29.6. The first-order valence-electron chi connectivity index (χ1n) is 21.5. The van der Waals surface area contributed by atoms with Crippen LogP contribution in [0, 0.1) is 17.2 Å². The fraction of sp³-hybridized carbons (Fsp3) is 0.538. The van der Waals surface area contributed by atoms with Gasteiger partial charge in [0.15, 0.2) is 55.1 Å². The number of carbonyl (C=O) groups is 2. The molecule has 0 aliphatic carbocycles. The van der Waals surface area contributed by atoms with Crippen LogP contribution in [0.1, 0.15) is 63.9 Å². The summed E-state index contributed by atoms with van der Waals surface area (Å²) in [4.78, 5) is 70.7. The molecular formula is C39H49FN12O12P2S2Si. The second-order valence-electron chi connectivity index (χ2n) is 17.9. The molecule has 30 heteroatoms. The number of amides is 2. The molecule has 24 nitrogen and oxygen atoms in total. The summed E-state index contributed by atoms with van der Waals surface area (Å²) in [6.07, 6.45) is -9.53. The molecule has 3 aliphatic rings. The van der Waals surface area contributed by atoms with E-state index in [4.69, 9.17) is 60.1 Å². The van der Waals surface area contributed by atoms with Gasteiger partial charge in [-0.1, -0.05) is 58.0 Å². The number of carbonyl (C=O) groups excluding carboxylic acids is 2. The van der Waals surface area contributed by atoms with Gasteiger partial charge >= 0.3 is 13.4 Å². The van der Waals surface area contributed by atoms with Crippen molar-refractivity contribution >= 4 is 91.3 Å². The molecular weight excluding hydrogens is 1000 g/mol. The minimum atomic E-state index is -4.45. The number of fused-ring (bicyclic) bond motifs is 5. The zero-order valence-corrected chi connectivity index (χ0v) is 42.5. The number of alkyl halides is 1. The van der Waals surface area contributed by atoms with Gasteiger partial charge in [-0.3, -0.25) is 38.3 Å². The molecule has 3 aliphatic heterocycles. The van der Waals surface area contributed by atoms with Gasteiger partial charge in [-0.25, -0.2) is 19.3 Å². The number of anilines is 2. The molecule has 3 saturated heterocycles. The highest BCUT2D eigenvalue weighted by atomic mass is 32.5. The summed E-state index contributed by atoms with van der Waals surface area (Å²) < 4.78 is 70.4. The maximum Gasteiger partial charge on any atom is 0.327 e. The Kier molecular flexibility index (Phi) is 14.8. The predicted octanol–water partition coefficient (Wildman–Crippen LogP) is 4.91. The number of hydrogen-bond acceptors (Lipinski definition) is 20. The van der Waals surface area contributed by atoms with Gasteiger partial charge in [0.2, 0.25) is 11.9 Å². The maximum absolute atomic E-state index is 17.2. The molecule has 4 aromatic heterocycles. The van der Waals surface area contributed by atoms with E-state index in [0.29, 0.717) is 5.56 Å². The topological polar surface area (TPSA) is 296 Å². The van der Waals surface area contributed by atoms with Gasteiger partial charge in [-0.2, -0.15) is 14.9 Å². The fourth-order valence-electron chi connectivity index (χ4n) is 7.19. The van der Waals surface area contributed by atoms with Crippen LogP contribution in [0.4, 0.5) is 16.2 Å². The minimum Gasteiger partial charge on any atom is -0.408 e. The summed E-state index contributed by atoms with van der Waals surface area (Å²) in [6.45, 7) is 3.37. The van der Waals surface area contributed by atoms with Crippen LogP contribution in [0.25, 0.3) is 22.3 Å². The SMILES string of the molecule is CC(C)C(=O)Nc1nc2c(ncn2[C@@H]2O[C@@H]3COP(=S)(OCCC#N)O[C@H]4[C@H](F)[C@H](n5nnc6c(NC(=O)c7ccccc7)ncnc65)O[C@@H]4COP(O)(=S)O[C@H]2[C@@H]3O[Si](C)(C)C(C)(C)C)c(=O)[nH]1. The van der Waals surface area contributed by atoms with Crippen molar-refractivity contribution in [2.24, 2.45) is 5.92 Å². The van der Waals surface area contributed by atoms with E-state index in [2.05, 4.69) is 45.9 Å². The second-order valence-corrected chi connectivity index (χ2v) is 28.4. The third-order valence-electron chi connectivity index (χ3n) is 11.8. The largest absolute Gasteiger partial charge is 0.408 e. The summed E-state index contributed by atoms with van der Waals surface area (Å²) in [5.74, 6) is -1.55. The Balaban J connectivity index is 1.16. The molecule has 10 atom stereocenters. The molecule has 0 radical (unpaired) electrons. The van der Waals surface area contributed by atoms with Crippen LogP contribution >= 0.6 is 13.4 Å². The zero-order chi connectivity index (χ0) is 49.6. The molecule has 7 heterocycles. The number of hydrogen-bond donors (Lipinski definition) is 4. The number of nitrogens with one attached hydrogen (secondary N) is 3. The summed E-state index contributed by atoms with van der Waals surface area (Å²) >= 11 is 11.6. The van der Waals surface area contributed by atoms with Crippen LogP contribution in [0.3, 0.4) is 0 Å². The van der Waals surface area contributed by atoms with Gasteiger partial charge in [0.25, 0.3) is 11.5 Å². The average molecular weight is 1050 g/mol. The number of rotatable bonds is 11. The maximum atomic E-state index is 17.2. The van der Waals surface area contributed by atoms with Crippen molar-refractivity contribution in [1.29, 1.82) is 5.26 Å². The Morgan fingerprint density at radius 2 is 1.75 bits per heavy atom. The zero-order valence-electron chi connectivity index (χ0n) is 38.1. The van der Waals surface area contributed by atoms with E-state index in [0.717, 1.165) is 11.0 Å². The van der Waals surface area contributed by atoms with Gasteiger partial charge in [0, 0.05) is 11.5 Å². The molecule has 4 N–H and O–H groups in total. The van der Waals surface area contributed by atoms with E-state index in [1.54, 1.807) is 44.2 Å². The summed E-state index contributed by atoms with van der Waals surface area (Å²) in [6, 6.07) is 10.3. The van der Waals surface area contributed by atoms with Gasteiger partial charge < -0.3 is 37.7 Å². The number of halogens is 1. The lowest BCUT2D eigenvalue weighted by atomic mass is 10.1. The van der Waals surface area contributed by atoms with Crippen molar-refractivity contribution in [2.75, 3.05) is 30.5 Å². The van der Waals surface area contributed by atoms with Crippen molar-refractivity contribution in [1.82, 2.24) is 44.5 Å². The lowest BCUT2D eigenvalue weighted by molar-refractivity contribution is -0.118. The minimum absolute atomic E-state index is 0.00551. The first kappa shape index (κ1) is 50.9. The van der Waals surface area contributed by atoms with Crippen LogP contribution < -0.4 is 16.2 Å². The van der Waals surface area contributed by atoms with Crippen molar-refractivity contribution in [3.8, 4) is 6.07 Å². The Morgan fingerprint density at radius 3 is 2.46 bits per heavy atom. The monoisotopic (exact) mass is 1050 g/mol. The molecule has 370 valence electrons. The summed E-state index contributed by atoms with van der Waals surface area (Å²) in [5, 5.41) is 22.6. The van der Waals surface area contributed by atoms with Crippen molar-refractivity contribution < 1.29 is 55.4 Å². The Bertz CT molecular complexity index is 2940. The molecule has 3 fully saturated rings. The van der Waals surface area contributed by atoms with Gasteiger partial charge in [0.1, 0.15) is 36.8 Å². The highest BCUT2D eigenvalue weighted by Gasteiger charge is 2.56. The number of benzene rings is 1. The third kappa shape index (κ3) is 10.8. The molecule has 2 amide bonds. The van der Waals surface area contributed by atoms with Crippen LogP contribution in [-0.2, 0) is 64.9 Å². The lowest BCUT2D eigenvalue weighted by Gasteiger charge is -2.41. The Hall–Kier alpha value is -4.43. The number of ether oxygens (including phenoxy) is 2. The van der Waals surface area contributed by atoms with Gasteiger partial charge in [-0.15, -0.1) is 5.10 Å². The number of H-pyrrole nitrogens is 1. The first-order chi connectivity index (χ1) is 32.6. The van der Waals surface area contributed by atoms with E-state index in [-0.39, 0.29) is 47.1 Å². The number of aromatic nitrogens is 9. The predicted molar refractivity (Wildman–Crippen MR) is 253 cm³/mol. The molecule has 2 bridgehead atoms. The highest BCUT2D eigenvalue weighted by Crippen LogP contribution is 2.57. The fourth-order valence-corrected chi connectivity index (χ4v) is 12.0. The molecule has 5 aromatic rings. The summed E-state index contributed by atoms with van der Waals surface area (Å²) in [5.41, 5.74) is -0.520. The van der Waals surface area contributed by atoms with Crippen LogP contribution in [0.2, 0.25) is 18.1 Å². The van der Waals surface area contributed by atoms with Crippen molar-refractivity contribution in [3.63, 3.8) is 0 Å². The quantitative estimate of drug-likeness (QED) is 0.0776. The number of aromatic amines is 1. The van der Waals surface area contributed by atoms with E-state index < -0.39 is 112 Å². The normalized spacial score (nSPS) is 28.9. The Morgan fingerprint density at radius 1 is 1.03 bits per heavy atom. The van der Waals surface area contributed by atoms with E-state index >= 15 is 4.39 Å². The van der Waals surface area contributed by atoms with E-state index in [9.17, 15) is 24.5 Å². The smallest absolute Gasteiger partial charge is 0.327 e. The molecule has 8 rings (SSSR count). The molecule has 1 aromatic carbocycles. The number of imidazole rings is 1. The molecule has 0 saturated carbocycles. The van der Waals surface area contributed by atoms with Crippen molar-refractivity contribution in [2.45, 2.75) is 108 Å². The van der Waals surface area contributed by atoms with Crippen LogP contribution in [0.15, 0.2) is 47.8 Å². The summed E-state index contributed by atoms with van der Waals surface area (Å²) in [7, 11) is -2.80. The van der Waals surface area contributed by atoms with Gasteiger partial charge in [0.05, 0.1) is 38.6 Å². The molecule has 2 unspecified atom stereocenters. The highest BCUT2D eigenvalue weighted by molar-refractivity contribution is 8.07. The molecule has 0 spiro atoms. The van der Waals surface area contributed by atoms with Crippen LogP contribution in [-0.4, -0.2) is 126 Å². The average Bonchev–Trinajstić information content (AvgIpc) is 4.06. The lowest BCUT2D eigenvalue weighted by Crippen LogP contribution is -2.50. The molecule has 69 heavy (non-hydrogen) atoms. The number of nitriles is 1. The van der Waals surface area contributed by atoms with Crippen LogP contribution in [0.5, 0.6) is 0 Å².